The number of pyridine rings is 1. The summed E-state index contributed by atoms with van der Waals surface area (Å²) in [6.07, 6.45) is -8.55. The Morgan fingerprint density at radius 3 is 1.70 bits per heavy atom. The lowest BCUT2D eigenvalue weighted by Crippen LogP contribution is -2.53. The SMILES string of the molecule is CC(C)(C)[S+]([O-])NC(Cc1ccccn1)(c1cccc(OC(F)(F)F)c1)c1cccc(OC(F)(F)F)c1. The number of alkyl halides is 6. The van der Waals surface area contributed by atoms with E-state index >= 15 is 0 Å². The summed E-state index contributed by atoms with van der Waals surface area (Å²) < 4.78 is 102. The van der Waals surface area contributed by atoms with E-state index in [0.717, 1.165) is 24.3 Å². The van der Waals surface area contributed by atoms with Crippen LogP contribution in [0.5, 0.6) is 11.5 Å². The van der Waals surface area contributed by atoms with Crippen LogP contribution in [0.15, 0.2) is 72.9 Å². The maximum atomic E-state index is 13.4. The van der Waals surface area contributed by atoms with Gasteiger partial charge in [-0.25, -0.2) is 0 Å². The van der Waals surface area contributed by atoms with Crippen LogP contribution in [0.3, 0.4) is 0 Å². The molecule has 0 fully saturated rings. The summed E-state index contributed by atoms with van der Waals surface area (Å²) in [5, 5.41) is 0. The number of halogens is 6. The third-order valence-corrected chi connectivity index (χ3v) is 6.76. The molecule has 0 saturated heterocycles. The molecule has 1 unspecified atom stereocenters. The van der Waals surface area contributed by atoms with Gasteiger partial charge in [0.05, 0.1) is 0 Å². The molecule has 0 aliphatic rings. The summed E-state index contributed by atoms with van der Waals surface area (Å²) in [7, 11) is 0. The zero-order valence-electron chi connectivity index (χ0n) is 20.0. The van der Waals surface area contributed by atoms with Crippen molar-refractivity contribution < 1.29 is 40.4 Å². The lowest BCUT2D eigenvalue weighted by molar-refractivity contribution is -0.275. The van der Waals surface area contributed by atoms with Gasteiger partial charge < -0.3 is 14.0 Å². The molecule has 0 saturated carbocycles. The van der Waals surface area contributed by atoms with Crippen molar-refractivity contribution in [2.75, 3.05) is 0 Å². The van der Waals surface area contributed by atoms with Crippen LogP contribution >= 0.6 is 0 Å². The van der Waals surface area contributed by atoms with E-state index in [2.05, 4.69) is 19.2 Å². The molecule has 1 N–H and O–H groups in total. The van der Waals surface area contributed by atoms with Crippen molar-refractivity contribution in [1.29, 1.82) is 0 Å². The van der Waals surface area contributed by atoms with E-state index < -0.39 is 45.9 Å². The maximum absolute atomic E-state index is 13.4. The molecule has 200 valence electrons. The van der Waals surface area contributed by atoms with Crippen molar-refractivity contribution in [2.24, 2.45) is 0 Å². The molecular formula is C25H24F6N2O3S. The van der Waals surface area contributed by atoms with Gasteiger partial charge in [0.2, 0.25) is 0 Å². The number of nitrogens with one attached hydrogen (secondary N) is 1. The molecule has 37 heavy (non-hydrogen) atoms. The highest BCUT2D eigenvalue weighted by atomic mass is 32.2. The van der Waals surface area contributed by atoms with Crippen LogP contribution in [-0.4, -0.2) is 27.0 Å². The van der Waals surface area contributed by atoms with Crippen molar-refractivity contribution >= 4 is 11.4 Å². The van der Waals surface area contributed by atoms with Gasteiger partial charge in [-0.1, -0.05) is 30.3 Å². The number of hydrogen-bond donors (Lipinski definition) is 1. The Balaban J connectivity index is 2.28. The first-order chi connectivity index (χ1) is 17.1. The molecule has 2 aromatic carbocycles. The number of ether oxygens (including phenoxy) is 2. The minimum atomic E-state index is -4.98. The smallest absolute Gasteiger partial charge is 0.573 e. The highest BCUT2D eigenvalue weighted by Gasteiger charge is 2.44. The van der Waals surface area contributed by atoms with E-state index in [1.54, 1.807) is 39.0 Å². The fourth-order valence-corrected chi connectivity index (χ4v) is 4.46. The molecule has 0 bridgehead atoms. The molecule has 1 atom stereocenters. The molecule has 3 rings (SSSR count). The monoisotopic (exact) mass is 546 g/mol. The number of benzene rings is 2. The molecule has 0 radical (unpaired) electrons. The fraction of sp³-hybridized carbons (Fsp3) is 0.320. The van der Waals surface area contributed by atoms with Crippen LogP contribution in [0, 0.1) is 0 Å². The lowest BCUT2D eigenvalue weighted by Gasteiger charge is -2.38. The van der Waals surface area contributed by atoms with E-state index in [0.29, 0.717) is 5.69 Å². The van der Waals surface area contributed by atoms with Gasteiger partial charge in [-0.3, -0.25) is 4.98 Å². The second-order valence-electron chi connectivity index (χ2n) is 9.04. The van der Waals surface area contributed by atoms with E-state index in [9.17, 15) is 30.9 Å². The average Bonchev–Trinajstić information content (AvgIpc) is 2.76. The largest absolute Gasteiger partial charge is 0.598 e. The van der Waals surface area contributed by atoms with Crippen LogP contribution in [0.1, 0.15) is 37.6 Å². The minimum absolute atomic E-state index is 0.0827. The second-order valence-corrected chi connectivity index (χ2v) is 11.0. The van der Waals surface area contributed by atoms with Crippen LogP contribution < -0.4 is 14.2 Å². The summed E-state index contributed by atoms with van der Waals surface area (Å²) in [6, 6.07) is 14.9. The van der Waals surface area contributed by atoms with Gasteiger partial charge >= 0.3 is 12.7 Å². The zero-order valence-corrected chi connectivity index (χ0v) is 20.8. The number of nitrogens with zero attached hydrogens (tertiary/aromatic N) is 1. The van der Waals surface area contributed by atoms with Gasteiger partial charge in [0, 0.05) is 29.7 Å². The molecule has 12 heteroatoms. The Bertz CT molecular complexity index is 1120. The van der Waals surface area contributed by atoms with Crippen molar-refractivity contribution in [2.45, 2.75) is 50.2 Å². The maximum Gasteiger partial charge on any atom is 0.573 e. The number of aromatic nitrogens is 1. The Labute approximate surface area is 213 Å². The van der Waals surface area contributed by atoms with E-state index in [4.69, 9.17) is 0 Å². The van der Waals surface area contributed by atoms with Crippen LogP contribution in [0.4, 0.5) is 26.3 Å². The van der Waals surface area contributed by atoms with Gasteiger partial charge in [-0.05, 0) is 68.3 Å². The number of hydrogen-bond acceptors (Lipinski definition) is 5. The van der Waals surface area contributed by atoms with Crippen LogP contribution in [0.2, 0.25) is 0 Å². The first-order valence-corrected chi connectivity index (χ1v) is 12.0. The molecular weight excluding hydrogens is 522 g/mol. The van der Waals surface area contributed by atoms with E-state index in [1.807, 2.05) is 0 Å². The normalized spacial score (nSPS) is 13.8. The lowest BCUT2D eigenvalue weighted by atomic mass is 9.79. The van der Waals surface area contributed by atoms with Gasteiger partial charge in [-0.15, -0.1) is 31.1 Å². The Hall–Kier alpha value is -2.96. The summed E-state index contributed by atoms with van der Waals surface area (Å²) in [4.78, 5) is 4.29. The first kappa shape index (κ1) is 28.6. The summed E-state index contributed by atoms with van der Waals surface area (Å²) >= 11 is -1.84. The highest BCUT2D eigenvalue weighted by Crippen LogP contribution is 2.39. The second kappa shape index (κ2) is 10.8. The minimum Gasteiger partial charge on any atom is -0.598 e. The number of rotatable bonds is 8. The van der Waals surface area contributed by atoms with Gasteiger partial charge in [0.25, 0.3) is 0 Å². The third kappa shape index (κ3) is 8.01. The van der Waals surface area contributed by atoms with Crippen LogP contribution in [0.25, 0.3) is 0 Å². The predicted molar refractivity (Wildman–Crippen MR) is 126 cm³/mol. The molecule has 5 nitrogen and oxygen atoms in total. The quantitative estimate of drug-likeness (QED) is 0.261. The Kier molecular flexibility index (Phi) is 8.35. The summed E-state index contributed by atoms with van der Waals surface area (Å²) in [5.74, 6) is -1.11. The van der Waals surface area contributed by atoms with Crippen molar-refractivity contribution in [3.63, 3.8) is 0 Å². The van der Waals surface area contributed by atoms with Crippen molar-refractivity contribution in [3.8, 4) is 11.5 Å². The fourth-order valence-electron chi connectivity index (χ4n) is 3.53. The third-order valence-electron chi connectivity index (χ3n) is 5.12. The molecule has 3 aromatic rings. The molecule has 0 aliphatic carbocycles. The van der Waals surface area contributed by atoms with E-state index in [-0.39, 0.29) is 17.5 Å². The van der Waals surface area contributed by atoms with E-state index in [1.165, 1.54) is 30.5 Å². The molecule has 1 heterocycles. The topological polar surface area (TPSA) is 66.4 Å². The van der Waals surface area contributed by atoms with Crippen molar-refractivity contribution in [3.05, 3.63) is 89.7 Å². The first-order valence-electron chi connectivity index (χ1n) is 10.9. The Morgan fingerprint density at radius 2 is 1.30 bits per heavy atom. The summed E-state index contributed by atoms with van der Waals surface area (Å²) in [5.41, 5.74) is -0.865. The van der Waals surface area contributed by atoms with Gasteiger partial charge in [0.15, 0.2) is 0 Å². The molecule has 1 aromatic heterocycles. The molecule has 0 spiro atoms. The zero-order chi connectivity index (χ0) is 27.5. The average molecular weight is 547 g/mol. The molecule has 0 amide bonds. The molecule has 0 aliphatic heterocycles. The van der Waals surface area contributed by atoms with Gasteiger partial charge in [0.1, 0.15) is 21.8 Å². The van der Waals surface area contributed by atoms with Crippen molar-refractivity contribution in [1.82, 2.24) is 9.71 Å². The van der Waals surface area contributed by atoms with Crippen LogP contribution in [-0.2, 0) is 23.3 Å². The predicted octanol–water partition coefficient (Wildman–Crippen LogP) is 6.42. The highest BCUT2D eigenvalue weighted by molar-refractivity contribution is 7.90. The van der Waals surface area contributed by atoms with Gasteiger partial charge in [-0.2, -0.15) is 0 Å². The Morgan fingerprint density at radius 1 is 0.784 bits per heavy atom. The standard InChI is InChI=1S/C25H24F6N2O3S/c1-22(2,3)37(34)33-23(16-19-10-4-5-13-32-19,17-8-6-11-20(14-17)35-24(26,27)28)18-9-7-12-21(15-18)36-25(29,30)31/h4-15,33H,16H2,1-3H3. The summed E-state index contributed by atoms with van der Waals surface area (Å²) in [6.45, 7) is 5.02.